The maximum absolute atomic E-state index is 12.9. The lowest BCUT2D eigenvalue weighted by Gasteiger charge is -2.29. The van der Waals surface area contributed by atoms with Gasteiger partial charge in [0.1, 0.15) is 11.4 Å². The summed E-state index contributed by atoms with van der Waals surface area (Å²) in [7, 11) is -3.87. The van der Waals surface area contributed by atoms with Gasteiger partial charge in [0.05, 0.1) is 0 Å². The molecule has 1 aromatic heterocycles. The molecular weight excluding hydrogens is 390 g/mol. The Balaban J connectivity index is 1.78. The second kappa shape index (κ2) is 8.92. The first-order chi connectivity index (χ1) is 13.8. The minimum absolute atomic E-state index is 0.254. The van der Waals surface area contributed by atoms with Crippen LogP contribution >= 0.6 is 0 Å². The summed E-state index contributed by atoms with van der Waals surface area (Å²) in [5.74, 6) is 0.0884. The largest absolute Gasteiger partial charge is 0.325 e. The highest BCUT2D eigenvalue weighted by atomic mass is 32.2. The van der Waals surface area contributed by atoms with Gasteiger partial charge in [0.2, 0.25) is 15.9 Å². The highest BCUT2D eigenvalue weighted by Gasteiger charge is 2.30. The number of hydrogen-bond acceptors (Lipinski definition) is 4. The normalized spacial score (nSPS) is 15.9. The molecule has 0 bridgehead atoms. The van der Waals surface area contributed by atoms with E-state index in [1.165, 1.54) is 22.6 Å². The summed E-state index contributed by atoms with van der Waals surface area (Å²) >= 11 is 0. The molecule has 1 saturated heterocycles. The van der Waals surface area contributed by atoms with Gasteiger partial charge in [-0.2, -0.15) is 4.31 Å². The highest BCUT2D eigenvalue weighted by Crippen LogP contribution is 2.21. The van der Waals surface area contributed by atoms with Crippen molar-refractivity contribution in [3.05, 3.63) is 58.5 Å². The lowest BCUT2D eigenvalue weighted by atomic mass is 10.0. The molecule has 29 heavy (non-hydrogen) atoms. The van der Waals surface area contributed by atoms with Crippen molar-refractivity contribution in [3.63, 3.8) is 0 Å². The molecule has 1 aliphatic heterocycles. The first-order valence-corrected chi connectivity index (χ1v) is 11.3. The number of amides is 1. The van der Waals surface area contributed by atoms with Crippen molar-refractivity contribution in [3.8, 4) is 0 Å². The summed E-state index contributed by atoms with van der Waals surface area (Å²) in [5.41, 5.74) is 1.06. The predicted octanol–water partition coefficient (Wildman–Crippen LogP) is 2.47. The van der Waals surface area contributed by atoms with E-state index in [0.717, 1.165) is 29.4 Å². The minimum Gasteiger partial charge on any atom is -0.325 e. The minimum atomic E-state index is -3.87. The smallest absolute Gasteiger partial charge is 0.271 e. The first-order valence-electron chi connectivity index (χ1n) is 9.89. The van der Waals surface area contributed by atoms with Crippen LogP contribution < -0.4 is 10.9 Å². The molecule has 0 unspecified atom stereocenters. The number of carbonyl (C=O) groups excluding carboxylic acids is 1. The van der Waals surface area contributed by atoms with Crippen LogP contribution in [0, 0.1) is 5.92 Å². The molecule has 1 N–H and O–H groups in total. The summed E-state index contributed by atoms with van der Waals surface area (Å²) in [5, 5.41) is 2.76. The average Bonchev–Trinajstić information content (AvgIpc) is 2.70. The van der Waals surface area contributed by atoms with Crippen molar-refractivity contribution >= 4 is 21.6 Å². The Morgan fingerprint density at radius 3 is 2.59 bits per heavy atom. The number of aromatic nitrogens is 1. The number of aryl methyl sites for hydroxylation is 1. The molecule has 1 amide bonds. The third kappa shape index (κ3) is 4.94. The Bertz CT molecular complexity index is 1040. The van der Waals surface area contributed by atoms with Crippen molar-refractivity contribution in [1.82, 2.24) is 8.87 Å². The summed E-state index contributed by atoms with van der Waals surface area (Å²) in [6.45, 7) is 4.68. The molecule has 2 aromatic rings. The Labute approximate surface area is 171 Å². The Morgan fingerprint density at radius 2 is 1.90 bits per heavy atom. The molecule has 7 nitrogen and oxygen atoms in total. The molecule has 0 radical (unpaired) electrons. The molecule has 1 fully saturated rings. The van der Waals surface area contributed by atoms with Crippen LogP contribution in [0.15, 0.2) is 52.3 Å². The molecular formula is C21H27N3O4S. The Morgan fingerprint density at radius 1 is 1.17 bits per heavy atom. The third-order valence-electron chi connectivity index (χ3n) is 5.28. The van der Waals surface area contributed by atoms with Crippen molar-refractivity contribution < 1.29 is 13.2 Å². The summed E-state index contributed by atoms with van der Waals surface area (Å²) in [6.07, 6.45) is 3.83. The number of hydrogen-bond donors (Lipinski definition) is 1. The summed E-state index contributed by atoms with van der Waals surface area (Å²) in [6, 6.07) is 10.3. The quantitative estimate of drug-likeness (QED) is 0.782. The number of carbonyl (C=O) groups is 1. The fourth-order valence-electron chi connectivity index (χ4n) is 3.42. The molecule has 2 heterocycles. The van der Waals surface area contributed by atoms with E-state index in [-0.39, 0.29) is 17.3 Å². The van der Waals surface area contributed by atoms with Crippen LogP contribution in [0.25, 0.3) is 0 Å². The van der Waals surface area contributed by atoms with Crippen LogP contribution in [0.5, 0.6) is 0 Å². The molecule has 0 atom stereocenters. The topological polar surface area (TPSA) is 88.5 Å². The van der Waals surface area contributed by atoms with Crippen LogP contribution in [0.1, 0.15) is 32.3 Å². The first kappa shape index (κ1) is 21.3. The maximum atomic E-state index is 12.9. The summed E-state index contributed by atoms with van der Waals surface area (Å²) in [4.78, 5) is 24.9. The zero-order chi connectivity index (χ0) is 21.0. The average molecular weight is 418 g/mol. The van der Waals surface area contributed by atoms with Gasteiger partial charge >= 0.3 is 0 Å². The zero-order valence-electron chi connectivity index (χ0n) is 16.8. The van der Waals surface area contributed by atoms with Gasteiger partial charge in [0.15, 0.2) is 0 Å². The Hall–Kier alpha value is -2.45. The Kier molecular flexibility index (Phi) is 6.54. The predicted molar refractivity (Wildman–Crippen MR) is 112 cm³/mol. The van der Waals surface area contributed by atoms with Crippen molar-refractivity contribution in [2.75, 3.05) is 18.4 Å². The van der Waals surface area contributed by atoms with Crippen molar-refractivity contribution in [2.45, 2.75) is 44.6 Å². The zero-order valence-corrected chi connectivity index (χ0v) is 17.6. The number of sulfonamides is 1. The fourth-order valence-corrected chi connectivity index (χ4v) is 4.98. The molecule has 1 aliphatic rings. The summed E-state index contributed by atoms with van der Waals surface area (Å²) < 4.78 is 28.4. The maximum Gasteiger partial charge on any atom is 0.271 e. The molecule has 3 rings (SSSR count). The van der Waals surface area contributed by atoms with E-state index in [1.54, 1.807) is 6.07 Å². The van der Waals surface area contributed by atoms with Crippen LogP contribution in [-0.4, -0.2) is 36.3 Å². The van der Waals surface area contributed by atoms with E-state index < -0.39 is 15.6 Å². The van der Waals surface area contributed by atoms with Gasteiger partial charge in [-0.1, -0.05) is 26.0 Å². The molecule has 8 heteroatoms. The van der Waals surface area contributed by atoms with E-state index >= 15 is 0 Å². The van der Waals surface area contributed by atoms with Crippen molar-refractivity contribution in [2.24, 2.45) is 5.92 Å². The monoisotopic (exact) mass is 417 g/mol. The van der Waals surface area contributed by atoms with Crippen LogP contribution in [0.4, 0.5) is 5.69 Å². The van der Waals surface area contributed by atoms with Gasteiger partial charge in [-0.15, -0.1) is 0 Å². The van der Waals surface area contributed by atoms with Crippen LogP contribution in [-0.2, 0) is 27.8 Å². The van der Waals surface area contributed by atoms with Gasteiger partial charge in [-0.3, -0.25) is 9.59 Å². The van der Waals surface area contributed by atoms with Gasteiger partial charge in [0, 0.05) is 25.0 Å². The van der Waals surface area contributed by atoms with Gasteiger partial charge in [0.25, 0.3) is 5.56 Å². The van der Waals surface area contributed by atoms with E-state index in [9.17, 15) is 18.0 Å². The van der Waals surface area contributed by atoms with E-state index in [2.05, 4.69) is 12.2 Å². The van der Waals surface area contributed by atoms with Crippen LogP contribution in [0.3, 0.4) is 0 Å². The second-order valence-corrected chi connectivity index (χ2v) is 9.40. The lowest BCUT2D eigenvalue weighted by molar-refractivity contribution is -0.116. The van der Waals surface area contributed by atoms with Gasteiger partial charge in [-0.25, -0.2) is 8.42 Å². The van der Waals surface area contributed by atoms with E-state index in [1.807, 2.05) is 25.1 Å². The molecule has 156 valence electrons. The SMILES string of the molecule is CCc1cccc(NC(=O)Cn2cccc(S(=O)(=O)N3CCC(C)CC3)c2=O)c1. The number of nitrogens with one attached hydrogen (secondary N) is 1. The fraction of sp³-hybridized carbons (Fsp3) is 0.429. The van der Waals surface area contributed by atoms with Crippen molar-refractivity contribution in [1.29, 1.82) is 0 Å². The molecule has 0 aliphatic carbocycles. The lowest BCUT2D eigenvalue weighted by Crippen LogP contribution is -2.41. The van der Waals surface area contributed by atoms with E-state index in [0.29, 0.717) is 24.7 Å². The number of piperidine rings is 1. The van der Waals surface area contributed by atoms with Gasteiger partial charge in [-0.05, 0) is 55.0 Å². The highest BCUT2D eigenvalue weighted by molar-refractivity contribution is 7.89. The number of pyridine rings is 1. The molecule has 0 spiro atoms. The van der Waals surface area contributed by atoms with E-state index in [4.69, 9.17) is 0 Å². The standard InChI is InChI=1S/C21H27N3O4S/c1-3-17-6-4-7-18(14-17)22-20(25)15-23-11-5-8-19(21(23)26)29(27,28)24-12-9-16(2)10-13-24/h4-8,11,14,16H,3,9-10,12-13,15H2,1-2H3,(H,22,25). The number of anilines is 1. The number of benzene rings is 1. The number of rotatable bonds is 6. The van der Waals surface area contributed by atoms with Gasteiger partial charge < -0.3 is 9.88 Å². The second-order valence-electron chi connectivity index (χ2n) is 7.49. The van der Waals surface area contributed by atoms with Crippen LogP contribution in [0.2, 0.25) is 0 Å². The number of nitrogens with zero attached hydrogens (tertiary/aromatic N) is 2. The third-order valence-corrected chi connectivity index (χ3v) is 7.19. The molecule has 0 saturated carbocycles. The molecule has 1 aromatic carbocycles.